The molecule has 0 fully saturated rings. The number of halogens is 1. The summed E-state index contributed by atoms with van der Waals surface area (Å²) in [7, 11) is -1.47. The second-order valence-corrected chi connectivity index (χ2v) is 7.12. The third-order valence-corrected chi connectivity index (χ3v) is 5.57. The lowest BCUT2D eigenvalue weighted by Gasteiger charge is -2.10. The van der Waals surface area contributed by atoms with Gasteiger partial charge in [-0.05, 0) is 41.8 Å². The molecule has 2 aromatic rings. The molecule has 118 valence electrons. The molecule has 4 nitrogen and oxygen atoms in total. The molecule has 2 aromatic carbocycles. The van der Waals surface area contributed by atoms with Crippen LogP contribution < -0.4 is 9.46 Å². The number of benzene rings is 2. The largest absolute Gasteiger partial charge is 0.489 e. The molecule has 0 spiro atoms. The first kappa shape index (κ1) is 16.0. The van der Waals surface area contributed by atoms with E-state index in [4.69, 9.17) is 4.74 Å². The van der Waals surface area contributed by atoms with E-state index in [0.717, 1.165) is 26.9 Å². The molecule has 1 amide bonds. The summed E-state index contributed by atoms with van der Waals surface area (Å²) in [6.45, 7) is 2.51. The molecule has 0 saturated heterocycles. The van der Waals surface area contributed by atoms with Crippen molar-refractivity contribution >= 4 is 37.7 Å². The minimum atomic E-state index is -1.47. The van der Waals surface area contributed by atoms with Gasteiger partial charge in [-0.1, -0.05) is 40.2 Å². The van der Waals surface area contributed by atoms with E-state index >= 15 is 0 Å². The highest BCUT2D eigenvalue weighted by Crippen LogP contribution is 2.25. The fourth-order valence-corrected chi connectivity index (χ4v) is 3.55. The maximum absolute atomic E-state index is 11.7. The van der Waals surface area contributed by atoms with Crippen LogP contribution in [-0.2, 0) is 22.4 Å². The number of hydrogen-bond acceptors (Lipinski definition) is 3. The Morgan fingerprint density at radius 3 is 2.57 bits per heavy atom. The van der Waals surface area contributed by atoms with Crippen molar-refractivity contribution in [3.8, 4) is 5.75 Å². The number of carbonyl (C=O) groups excluding carboxylic acids is 1. The molecule has 23 heavy (non-hydrogen) atoms. The molecular formula is C17H14BrNO3S. The van der Waals surface area contributed by atoms with E-state index in [1.54, 1.807) is 12.1 Å². The van der Waals surface area contributed by atoms with E-state index in [1.807, 2.05) is 37.3 Å². The Morgan fingerprint density at radius 2 is 1.91 bits per heavy atom. The van der Waals surface area contributed by atoms with Gasteiger partial charge in [0.25, 0.3) is 5.91 Å². The van der Waals surface area contributed by atoms with Crippen molar-refractivity contribution in [2.75, 3.05) is 0 Å². The summed E-state index contributed by atoms with van der Waals surface area (Å²) in [6, 6.07) is 13.2. The molecule has 1 atom stereocenters. The Morgan fingerprint density at radius 1 is 1.17 bits per heavy atom. The SMILES string of the molecule is Cc1c(Br)cccc1COc1ccc(C2=CC(=O)NS2=O)cc1. The van der Waals surface area contributed by atoms with Crippen LogP contribution in [-0.4, -0.2) is 10.1 Å². The third kappa shape index (κ3) is 3.54. The van der Waals surface area contributed by atoms with Crippen molar-refractivity contribution in [3.63, 3.8) is 0 Å². The van der Waals surface area contributed by atoms with Gasteiger partial charge in [0.05, 0.1) is 4.91 Å². The molecule has 0 aromatic heterocycles. The lowest BCUT2D eigenvalue weighted by molar-refractivity contribution is -0.114. The highest BCUT2D eigenvalue weighted by molar-refractivity contribution is 9.10. The van der Waals surface area contributed by atoms with Gasteiger partial charge in [-0.25, -0.2) is 4.21 Å². The predicted molar refractivity (Wildman–Crippen MR) is 93.9 cm³/mol. The van der Waals surface area contributed by atoms with Crippen LogP contribution in [0.4, 0.5) is 0 Å². The predicted octanol–water partition coefficient (Wildman–Crippen LogP) is 3.47. The van der Waals surface area contributed by atoms with Crippen LogP contribution in [0, 0.1) is 6.92 Å². The van der Waals surface area contributed by atoms with Gasteiger partial charge in [0.2, 0.25) is 0 Å². The normalized spacial score (nSPS) is 16.9. The van der Waals surface area contributed by atoms with E-state index in [-0.39, 0.29) is 5.91 Å². The van der Waals surface area contributed by atoms with E-state index in [2.05, 4.69) is 20.7 Å². The third-order valence-electron chi connectivity index (χ3n) is 3.57. The van der Waals surface area contributed by atoms with Crippen LogP contribution in [0.5, 0.6) is 5.75 Å². The van der Waals surface area contributed by atoms with Gasteiger partial charge in [0.15, 0.2) is 11.0 Å². The van der Waals surface area contributed by atoms with Crippen LogP contribution in [0.25, 0.3) is 4.91 Å². The second kappa shape index (κ2) is 6.68. The van der Waals surface area contributed by atoms with Gasteiger partial charge in [-0.15, -0.1) is 0 Å². The molecule has 0 aliphatic carbocycles. The zero-order chi connectivity index (χ0) is 16.4. The molecule has 6 heteroatoms. The molecule has 1 N–H and O–H groups in total. The van der Waals surface area contributed by atoms with Crippen LogP contribution >= 0.6 is 15.9 Å². The Labute approximate surface area is 145 Å². The van der Waals surface area contributed by atoms with E-state index < -0.39 is 11.0 Å². The summed E-state index contributed by atoms with van der Waals surface area (Å²) in [4.78, 5) is 11.7. The quantitative estimate of drug-likeness (QED) is 0.867. The van der Waals surface area contributed by atoms with Gasteiger partial charge < -0.3 is 4.74 Å². The average molecular weight is 392 g/mol. The molecule has 1 aliphatic rings. The van der Waals surface area contributed by atoms with E-state index in [9.17, 15) is 9.00 Å². The molecular weight excluding hydrogens is 378 g/mol. The van der Waals surface area contributed by atoms with E-state index in [1.165, 1.54) is 6.08 Å². The molecule has 1 aliphatic heterocycles. The number of ether oxygens (including phenoxy) is 1. The van der Waals surface area contributed by atoms with Crippen LogP contribution in [0.15, 0.2) is 53.0 Å². The van der Waals surface area contributed by atoms with Crippen molar-refractivity contribution in [2.24, 2.45) is 0 Å². The summed E-state index contributed by atoms with van der Waals surface area (Å²) in [6.07, 6.45) is 1.36. The summed E-state index contributed by atoms with van der Waals surface area (Å²) < 4.78 is 20.9. The van der Waals surface area contributed by atoms with Gasteiger partial charge in [-0.2, -0.15) is 0 Å². The first-order valence-electron chi connectivity index (χ1n) is 6.96. The first-order chi connectivity index (χ1) is 11.0. The molecule has 0 bridgehead atoms. The Balaban J connectivity index is 1.71. The van der Waals surface area contributed by atoms with Gasteiger partial charge >= 0.3 is 0 Å². The topological polar surface area (TPSA) is 55.4 Å². The molecule has 0 saturated carbocycles. The van der Waals surface area contributed by atoms with Gasteiger partial charge in [0.1, 0.15) is 12.4 Å². The minimum absolute atomic E-state index is 0.330. The zero-order valence-electron chi connectivity index (χ0n) is 12.3. The number of amides is 1. The Hall–Kier alpha value is -1.92. The maximum Gasteiger partial charge on any atom is 0.257 e. The fraction of sp³-hybridized carbons (Fsp3) is 0.118. The van der Waals surface area contributed by atoms with Crippen molar-refractivity contribution in [3.05, 3.63) is 69.7 Å². The standard InChI is InChI=1S/C17H14BrNO3S/c1-11-13(3-2-4-15(11)18)10-22-14-7-5-12(6-8-14)16-9-17(20)19-23(16)21/h2-9H,10H2,1H3,(H,19,20). The van der Waals surface area contributed by atoms with Crippen LogP contribution in [0.1, 0.15) is 16.7 Å². The van der Waals surface area contributed by atoms with Crippen molar-refractivity contribution in [1.29, 1.82) is 0 Å². The number of carbonyl (C=O) groups is 1. The summed E-state index contributed by atoms with van der Waals surface area (Å²) >= 11 is 3.51. The smallest absolute Gasteiger partial charge is 0.257 e. The monoisotopic (exact) mass is 391 g/mol. The van der Waals surface area contributed by atoms with E-state index in [0.29, 0.717) is 11.5 Å². The average Bonchev–Trinajstić information content (AvgIpc) is 2.88. The maximum atomic E-state index is 11.7. The number of hydrogen-bond donors (Lipinski definition) is 1. The number of nitrogens with one attached hydrogen (secondary N) is 1. The van der Waals surface area contributed by atoms with Crippen LogP contribution in [0.3, 0.4) is 0 Å². The Bertz CT molecular complexity index is 815. The fourth-order valence-electron chi connectivity index (χ4n) is 2.22. The van der Waals surface area contributed by atoms with Gasteiger partial charge in [-0.3, -0.25) is 9.52 Å². The van der Waals surface area contributed by atoms with Crippen molar-refractivity contribution in [1.82, 2.24) is 4.72 Å². The molecule has 0 radical (unpaired) electrons. The summed E-state index contributed by atoms with van der Waals surface area (Å²) in [5.41, 5.74) is 3.01. The molecule has 1 unspecified atom stereocenters. The minimum Gasteiger partial charge on any atom is -0.489 e. The van der Waals surface area contributed by atoms with Crippen LogP contribution in [0.2, 0.25) is 0 Å². The zero-order valence-corrected chi connectivity index (χ0v) is 14.7. The van der Waals surface area contributed by atoms with Gasteiger partial charge in [0, 0.05) is 10.5 Å². The highest BCUT2D eigenvalue weighted by atomic mass is 79.9. The second-order valence-electron chi connectivity index (χ2n) is 5.08. The van der Waals surface area contributed by atoms with Crippen molar-refractivity contribution < 1.29 is 13.7 Å². The lowest BCUT2D eigenvalue weighted by Crippen LogP contribution is -2.16. The summed E-state index contributed by atoms with van der Waals surface area (Å²) in [5.74, 6) is 0.389. The highest BCUT2D eigenvalue weighted by Gasteiger charge is 2.20. The molecule has 1 heterocycles. The Kier molecular flexibility index (Phi) is 4.63. The summed E-state index contributed by atoms with van der Waals surface area (Å²) in [5, 5.41) is 0. The number of rotatable bonds is 4. The molecule has 3 rings (SSSR count). The van der Waals surface area contributed by atoms with Crippen molar-refractivity contribution in [2.45, 2.75) is 13.5 Å². The first-order valence-corrected chi connectivity index (χ1v) is 8.90. The lowest BCUT2D eigenvalue weighted by atomic mass is 10.1.